The monoisotopic (exact) mass is 267 g/mol. The lowest BCUT2D eigenvalue weighted by Crippen LogP contribution is -2.51. The minimum Gasteiger partial charge on any atom is -0.374 e. The van der Waals surface area contributed by atoms with Gasteiger partial charge in [0.05, 0.1) is 12.7 Å². The Balaban J connectivity index is 1.40. The van der Waals surface area contributed by atoms with Gasteiger partial charge in [0, 0.05) is 31.7 Å². The van der Waals surface area contributed by atoms with Gasteiger partial charge < -0.3 is 15.0 Å². The molecule has 0 amide bonds. The van der Waals surface area contributed by atoms with Crippen molar-refractivity contribution < 1.29 is 4.74 Å². The maximum Gasteiger partial charge on any atom is 0.0826 e. The van der Waals surface area contributed by atoms with Crippen LogP contribution in [-0.4, -0.2) is 73.9 Å². The van der Waals surface area contributed by atoms with Gasteiger partial charge in [0.2, 0.25) is 0 Å². The molecule has 0 saturated carbocycles. The predicted molar refractivity (Wildman–Crippen MR) is 77.5 cm³/mol. The van der Waals surface area contributed by atoms with Crippen LogP contribution >= 0.6 is 0 Å². The van der Waals surface area contributed by atoms with Crippen molar-refractivity contribution in [1.29, 1.82) is 0 Å². The average Bonchev–Trinajstić information content (AvgIpc) is 2.93. The fraction of sp³-hybridized carbons (Fsp3) is 1.00. The minimum atomic E-state index is 0.398. The summed E-state index contributed by atoms with van der Waals surface area (Å²) in [6.45, 7) is 10.2. The van der Waals surface area contributed by atoms with Gasteiger partial charge in [-0.1, -0.05) is 6.92 Å². The first-order valence-corrected chi connectivity index (χ1v) is 8.16. The fourth-order valence-electron chi connectivity index (χ4n) is 3.90. The summed E-state index contributed by atoms with van der Waals surface area (Å²) < 4.78 is 5.87. The van der Waals surface area contributed by atoms with E-state index in [4.69, 9.17) is 4.74 Å². The molecule has 3 rings (SSSR count). The highest BCUT2D eigenvalue weighted by Gasteiger charge is 2.31. The zero-order valence-corrected chi connectivity index (χ0v) is 12.3. The van der Waals surface area contributed by atoms with Crippen molar-refractivity contribution in [2.24, 2.45) is 0 Å². The smallest absolute Gasteiger partial charge is 0.0826 e. The van der Waals surface area contributed by atoms with E-state index in [-0.39, 0.29) is 0 Å². The van der Waals surface area contributed by atoms with Crippen LogP contribution in [0.3, 0.4) is 0 Å². The maximum atomic E-state index is 5.87. The number of rotatable bonds is 4. The molecule has 4 nitrogen and oxygen atoms in total. The molecule has 1 N–H and O–H groups in total. The second-order valence-electron chi connectivity index (χ2n) is 6.35. The first kappa shape index (κ1) is 13.8. The molecule has 3 fully saturated rings. The predicted octanol–water partition coefficient (Wildman–Crippen LogP) is 0.924. The summed E-state index contributed by atoms with van der Waals surface area (Å²) in [6, 6.07) is 1.59. The molecule has 110 valence electrons. The van der Waals surface area contributed by atoms with Crippen molar-refractivity contribution >= 4 is 0 Å². The van der Waals surface area contributed by atoms with Crippen LogP contribution in [0.5, 0.6) is 0 Å². The van der Waals surface area contributed by atoms with E-state index >= 15 is 0 Å². The Bertz CT molecular complexity index is 287. The van der Waals surface area contributed by atoms with Gasteiger partial charge in [-0.05, 0) is 45.3 Å². The molecule has 3 atom stereocenters. The Morgan fingerprint density at radius 1 is 1.21 bits per heavy atom. The van der Waals surface area contributed by atoms with Crippen LogP contribution in [-0.2, 0) is 4.74 Å². The molecule has 0 aromatic rings. The van der Waals surface area contributed by atoms with Crippen molar-refractivity contribution in [3.8, 4) is 0 Å². The van der Waals surface area contributed by atoms with Gasteiger partial charge in [0.1, 0.15) is 0 Å². The first-order valence-electron chi connectivity index (χ1n) is 8.16. The Hall–Kier alpha value is -0.160. The largest absolute Gasteiger partial charge is 0.374 e. The highest BCUT2D eigenvalue weighted by Crippen LogP contribution is 2.26. The number of likely N-dealkylation sites (N-methyl/N-ethyl adjacent to an activating group) is 1. The third kappa shape index (κ3) is 3.48. The van der Waals surface area contributed by atoms with E-state index in [0.717, 1.165) is 44.9 Å². The van der Waals surface area contributed by atoms with Crippen LogP contribution in [0.4, 0.5) is 0 Å². The van der Waals surface area contributed by atoms with Crippen molar-refractivity contribution in [1.82, 2.24) is 15.1 Å². The summed E-state index contributed by atoms with van der Waals surface area (Å²) in [5, 5.41) is 3.77. The molecule has 0 aromatic heterocycles. The van der Waals surface area contributed by atoms with Gasteiger partial charge in [-0.15, -0.1) is 0 Å². The topological polar surface area (TPSA) is 27.7 Å². The van der Waals surface area contributed by atoms with E-state index in [2.05, 4.69) is 22.0 Å². The maximum absolute atomic E-state index is 5.87. The van der Waals surface area contributed by atoms with Crippen LogP contribution in [0.2, 0.25) is 0 Å². The molecule has 3 heterocycles. The van der Waals surface area contributed by atoms with Crippen molar-refractivity contribution in [3.05, 3.63) is 0 Å². The van der Waals surface area contributed by atoms with Crippen molar-refractivity contribution in [2.75, 3.05) is 45.9 Å². The summed E-state index contributed by atoms with van der Waals surface area (Å²) in [4.78, 5) is 5.18. The molecule has 3 saturated heterocycles. The molecule has 0 spiro atoms. The highest BCUT2D eigenvalue weighted by atomic mass is 16.5. The van der Waals surface area contributed by atoms with Crippen molar-refractivity contribution in [2.45, 2.75) is 50.8 Å². The van der Waals surface area contributed by atoms with E-state index in [1.807, 2.05) is 0 Å². The zero-order valence-electron chi connectivity index (χ0n) is 12.3. The van der Waals surface area contributed by atoms with Crippen LogP contribution in [0, 0.1) is 0 Å². The lowest BCUT2D eigenvalue weighted by molar-refractivity contribution is -0.0274. The molecule has 3 unspecified atom stereocenters. The van der Waals surface area contributed by atoms with Gasteiger partial charge in [-0.3, -0.25) is 4.90 Å². The van der Waals surface area contributed by atoms with Gasteiger partial charge >= 0.3 is 0 Å². The Kier molecular flexibility index (Phi) is 4.74. The number of fused-ring (bicyclic) bond motifs is 1. The lowest BCUT2D eigenvalue weighted by Gasteiger charge is -2.37. The molecule has 3 aliphatic heterocycles. The number of ether oxygens (including phenoxy) is 1. The molecule has 0 bridgehead atoms. The highest BCUT2D eigenvalue weighted by molar-refractivity contribution is 4.89. The van der Waals surface area contributed by atoms with E-state index in [9.17, 15) is 0 Å². The Morgan fingerprint density at radius 2 is 2.16 bits per heavy atom. The summed E-state index contributed by atoms with van der Waals surface area (Å²) in [5.41, 5.74) is 0. The van der Waals surface area contributed by atoms with Gasteiger partial charge in [0.15, 0.2) is 0 Å². The zero-order chi connectivity index (χ0) is 13.1. The molecule has 0 aromatic carbocycles. The second-order valence-corrected chi connectivity index (χ2v) is 6.35. The first-order chi connectivity index (χ1) is 9.35. The van der Waals surface area contributed by atoms with E-state index in [0.29, 0.717) is 6.10 Å². The SMILES string of the molecule is CCN1CCOC(CNC2CCN3CCCC3C2)C1. The summed E-state index contributed by atoms with van der Waals surface area (Å²) in [6.07, 6.45) is 5.90. The van der Waals surface area contributed by atoms with Gasteiger partial charge in [0.25, 0.3) is 0 Å². The van der Waals surface area contributed by atoms with Gasteiger partial charge in [-0.2, -0.15) is 0 Å². The molecule has 3 aliphatic rings. The average molecular weight is 267 g/mol. The van der Waals surface area contributed by atoms with Crippen LogP contribution in [0.1, 0.15) is 32.6 Å². The fourth-order valence-corrected chi connectivity index (χ4v) is 3.90. The third-order valence-corrected chi connectivity index (χ3v) is 5.12. The van der Waals surface area contributed by atoms with Gasteiger partial charge in [-0.25, -0.2) is 0 Å². The molecule has 0 radical (unpaired) electrons. The standard InChI is InChI=1S/C15H29N3O/c1-2-17-8-9-19-15(12-17)11-16-13-5-7-18-6-3-4-14(18)10-13/h13-16H,2-12H2,1H3. The number of morpholine rings is 1. The summed E-state index contributed by atoms with van der Waals surface area (Å²) >= 11 is 0. The number of nitrogens with zero attached hydrogens (tertiary/aromatic N) is 2. The van der Waals surface area contributed by atoms with Crippen LogP contribution in [0.15, 0.2) is 0 Å². The summed E-state index contributed by atoms with van der Waals surface area (Å²) in [7, 11) is 0. The molecule has 4 heteroatoms. The van der Waals surface area contributed by atoms with E-state index in [1.54, 1.807) is 0 Å². The quantitative estimate of drug-likeness (QED) is 0.820. The number of piperidine rings is 1. The Morgan fingerprint density at radius 3 is 3.05 bits per heavy atom. The minimum absolute atomic E-state index is 0.398. The third-order valence-electron chi connectivity index (χ3n) is 5.12. The van der Waals surface area contributed by atoms with Crippen LogP contribution < -0.4 is 5.32 Å². The molecular formula is C15H29N3O. The normalized spacial score (nSPS) is 37.4. The molecule has 19 heavy (non-hydrogen) atoms. The second kappa shape index (κ2) is 6.53. The van der Waals surface area contributed by atoms with Crippen LogP contribution in [0.25, 0.3) is 0 Å². The number of hydrogen-bond acceptors (Lipinski definition) is 4. The number of nitrogens with one attached hydrogen (secondary N) is 1. The summed E-state index contributed by atoms with van der Waals surface area (Å²) in [5.74, 6) is 0. The number of hydrogen-bond donors (Lipinski definition) is 1. The van der Waals surface area contributed by atoms with E-state index in [1.165, 1.54) is 38.8 Å². The Labute approximate surface area is 117 Å². The molecular weight excluding hydrogens is 238 g/mol. The van der Waals surface area contributed by atoms with E-state index < -0.39 is 0 Å². The molecule has 0 aliphatic carbocycles. The lowest BCUT2D eigenvalue weighted by atomic mass is 9.97. The van der Waals surface area contributed by atoms with Crippen molar-refractivity contribution in [3.63, 3.8) is 0 Å².